The van der Waals surface area contributed by atoms with E-state index >= 15 is 0 Å². The Bertz CT molecular complexity index is 1250. The third-order valence-electron chi connectivity index (χ3n) is 6.24. The van der Waals surface area contributed by atoms with Crippen LogP contribution in [0.2, 0.25) is 0 Å². The van der Waals surface area contributed by atoms with Crippen LogP contribution in [0.5, 0.6) is 0 Å². The SMILES string of the molecule is O=C1CCCc2cc(N3c4ccccc4N(c4ccccc4)c4ccccc43)ccc21. The highest BCUT2D eigenvalue weighted by Crippen LogP contribution is 2.53. The van der Waals surface area contributed by atoms with E-state index in [1.54, 1.807) is 0 Å². The predicted octanol–water partition coefficient (Wildman–Crippen LogP) is 7.46. The normalized spacial score (nSPS) is 14.6. The van der Waals surface area contributed by atoms with E-state index in [-0.39, 0.29) is 5.78 Å². The maximum Gasteiger partial charge on any atom is 0.163 e. The Kier molecular flexibility index (Phi) is 4.13. The molecule has 31 heavy (non-hydrogen) atoms. The van der Waals surface area contributed by atoms with Crippen LogP contribution in [-0.4, -0.2) is 5.78 Å². The van der Waals surface area contributed by atoms with Gasteiger partial charge in [-0.2, -0.15) is 0 Å². The fourth-order valence-electron chi connectivity index (χ4n) is 4.85. The average Bonchev–Trinajstić information content (AvgIpc) is 2.83. The fraction of sp³-hybridized carbons (Fsp3) is 0.107. The summed E-state index contributed by atoms with van der Waals surface area (Å²) in [4.78, 5) is 17.0. The van der Waals surface area contributed by atoms with Crippen molar-refractivity contribution in [1.29, 1.82) is 0 Å². The van der Waals surface area contributed by atoms with Gasteiger partial charge in [0.05, 0.1) is 22.7 Å². The Balaban J connectivity index is 1.58. The average molecular weight is 402 g/mol. The van der Waals surface area contributed by atoms with Crippen LogP contribution in [0, 0.1) is 0 Å². The number of Topliss-reactive ketones (excluding diaryl/α,β-unsaturated/α-hetero) is 1. The lowest BCUT2D eigenvalue weighted by Crippen LogP contribution is -2.24. The standard InChI is InChI=1S/C28H22N2O/c31-28-16-8-9-20-19-22(17-18-23(20)28)30-26-14-6-4-12-24(26)29(21-10-2-1-3-11-21)25-13-5-7-15-27(25)30/h1-7,10-15,17-19H,8-9,16H2. The van der Waals surface area contributed by atoms with Crippen molar-refractivity contribution in [1.82, 2.24) is 0 Å². The van der Waals surface area contributed by atoms with Gasteiger partial charge in [-0.05, 0) is 73.0 Å². The number of ketones is 1. The van der Waals surface area contributed by atoms with E-state index < -0.39 is 0 Å². The number of aryl methyl sites for hydroxylation is 1. The molecule has 0 unspecified atom stereocenters. The molecule has 0 amide bonds. The molecule has 0 saturated heterocycles. The molecule has 6 rings (SSSR count). The maximum absolute atomic E-state index is 12.3. The first-order valence-corrected chi connectivity index (χ1v) is 10.8. The van der Waals surface area contributed by atoms with Crippen LogP contribution in [0.15, 0.2) is 97.1 Å². The van der Waals surface area contributed by atoms with Gasteiger partial charge >= 0.3 is 0 Å². The molecule has 1 heterocycles. The van der Waals surface area contributed by atoms with Crippen LogP contribution in [0.1, 0.15) is 28.8 Å². The molecule has 1 aliphatic carbocycles. The summed E-state index contributed by atoms with van der Waals surface area (Å²) in [6.45, 7) is 0. The molecule has 0 bridgehead atoms. The summed E-state index contributed by atoms with van der Waals surface area (Å²) in [7, 11) is 0. The molecule has 0 fully saturated rings. The second-order valence-electron chi connectivity index (χ2n) is 8.10. The third-order valence-corrected chi connectivity index (χ3v) is 6.24. The molecule has 3 nitrogen and oxygen atoms in total. The second kappa shape index (κ2) is 7.13. The lowest BCUT2D eigenvalue weighted by atomic mass is 9.90. The Morgan fingerprint density at radius 3 is 1.71 bits per heavy atom. The van der Waals surface area contributed by atoms with Crippen LogP contribution in [-0.2, 0) is 6.42 Å². The molecule has 2 aliphatic rings. The summed E-state index contributed by atoms with van der Waals surface area (Å²) >= 11 is 0. The molecule has 0 N–H and O–H groups in total. The minimum atomic E-state index is 0.266. The second-order valence-corrected chi connectivity index (χ2v) is 8.10. The van der Waals surface area contributed by atoms with E-state index in [0.717, 1.165) is 58.1 Å². The number of carbonyl (C=O) groups excluding carboxylic acids is 1. The van der Waals surface area contributed by atoms with Crippen LogP contribution in [0.3, 0.4) is 0 Å². The first-order valence-electron chi connectivity index (χ1n) is 10.8. The zero-order valence-electron chi connectivity index (χ0n) is 17.2. The van der Waals surface area contributed by atoms with E-state index in [9.17, 15) is 4.79 Å². The third kappa shape index (κ3) is 2.85. The van der Waals surface area contributed by atoms with Crippen LogP contribution >= 0.6 is 0 Å². The highest BCUT2D eigenvalue weighted by molar-refractivity contribution is 6.03. The van der Waals surface area contributed by atoms with Crippen LogP contribution in [0.25, 0.3) is 0 Å². The summed E-state index contributed by atoms with van der Waals surface area (Å²) in [5.41, 5.74) is 8.83. The first kappa shape index (κ1) is 18.0. The van der Waals surface area contributed by atoms with Gasteiger partial charge in [-0.1, -0.05) is 42.5 Å². The predicted molar refractivity (Wildman–Crippen MR) is 127 cm³/mol. The zero-order valence-corrected chi connectivity index (χ0v) is 17.2. The lowest BCUT2D eigenvalue weighted by molar-refractivity contribution is 0.0972. The van der Waals surface area contributed by atoms with Gasteiger partial charge in [-0.25, -0.2) is 0 Å². The monoisotopic (exact) mass is 402 g/mol. The number of hydrogen-bond donors (Lipinski definition) is 0. The van der Waals surface area contributed by atoms with Crippen molar-refractivity contribution in [2.45, 2.75) is 19.3 Å². The number of rotatable bonds is 2. The summed E-state index contributed by atoms with van der Waals surface area (Å²) < 4.78 is 0. The number of hydrogen-bond acceptors (Lipinski definition) is 3. The smallest absolute Gasteiger partial charge is 0.163 e. The highest BCUT2D eigenvalue weighted by Gasteiger charge is 2.30. The number of carbonyl (C=O) groups is 1. The van der Waals surface area contributed by atoms with Gasteiger partial charge < -0.3 is 9.80 Å². The largest absolute Gasteiger partial charge is 0.306 e. The number of para-hydroxylation sites is 5. The molecule has 0 aromatic heterocycles. The van der Waals surface area contributed by atoms with E-state index in [1.165, 1.54) is 0 Å². The Morgan fingerprint density at radius 1 is 0.548 bits per heavy atom. The number of anilines is 6. The Morgan fingerprint density at radius 2 is 1.10 bits per heavy atom. The van der Waals surface area contributed by atoms with Crippen molar-refractivity contribution in [2.24, 2.45) is 0 Å². The van der Waals surface area contributed by atoms with E-state index in [4.69, 9.17) is 0 Å². The summed E-state index contributed by atoms with van der Waals surface area (Å²) in [5, 5.41) is 0. The van der Waals surface area contributed by atoms with Crippen molar-refractivity contribution in [2.75, 3.05) is 9.80 Å². The van der Waals surface area contributed by atoms with Gasteiger partial charge in [0.25, 0.3) is 0 Å². The molecular formula is C28H22N2O. The summed E-state index contributed by atoms with van der Waals surface area (Å²) in [6, 6.07) is 33.9. The molecule has 150 valence electrons. The molecule has 1 aliphatic heterocycles. The molecule has 0 atom stereocenters. The van der Waals surface area contributed by atoms with Crippen LogP contribution in [0.4, 0.5) is 34.1 Å². The minimum Gasteiger partial charge on any atom is -0.306 e. The molecule has 4 aromatic rings. The summed E-state index contributed by atoms with van der Waals surface area (Å²) in [6.07, 6.45) is 2.56. The lowest BCUT2D eigenvalue weighted by Gasteiger charge is -2.40. The Hall–Kier alpha value is -3.85. The first-order chi connectivity index (χ1) is 15.3. The molecule has 4 aromatic carbocycles. The quantitative estimate of drug-likeness (QED) is 0.306. The molecule has 0 radical (unpaired) electrons. The van der Waals surface area contributed by atoms with E-state index in [2.05, 4.69) is 94.7 Å². The summed E-state index contributed by atoms with van der Waals surface area (Å²) in [5.74, 6) is 0.266. The van der Waals surface area contributed by atoms with E-state index in [1.807, 2.05) is 12.1 Å². The molecule has 0 saturated carbocycles. The topological polar surface area (TPSA) is 23.6 Å². The Labute approximate surface area is 182 Å². The van der Waals surface area contributed by atoms with Gasteiger partial charge in [0, 0.05) is 23.4 Å². The van der Waals surface area contributed by atoms with Gasteiger partial charge in [-0.3, -0.25) is 4.79 Å². The maximum atomic E-state index is 12.3. The van der Waals surface area contributed by atoms with Crippen molar-refractivity contribution < 1.29 is 4.79 Å². The van der Waals surface area contributed by atoms with Gasteiger partial charge in [-0.15, -0.1) is 0 Å². The molecule has 3 heteroatoms. The molecular weight excluding hydrogens is 380 g/mol. The van der Waals surface area contributed by atoms with Crippen molar-refractivity contribution >= 4 is 39.9 Å². The van der Waals surface area contributed by atoms with Crippen molar-refractivity contribution in [3.8, 4) is 0 Å². The number of benzene rings is 4. The molecule has 0 spiro atoms. The highest BCUT2D eigenvalue weighted by atomic mass is 16.1. The van der Waals surface area contributed by atoms with Crippen LogP contribution < -0.4 is 9.80 Å². The minimum absolute atomic E-state index is 0.266. The van der Waals surface area contributed by atoms with Gasteiger partial charge in [0.1, 0.15) is 0 Å². The number of nitrogens with zero attached hydrogens (tertiary/aromatic N) is 2. The van der Waals surface area contributed by atoms with Crippen molar-refractivity contribution in [3.63, 3.8) is 0 Å². The van der Waals surface area contributed by atoms with Crippen molar-refractivity contribution in [3.05, 3.63) is 108 Å². The number of fused-ring (bicyclic) bond motifs is 3. The van der Waals surface area contributed by atoms with Gasteiger partial charge in [0.15, 0.2) is 5.78 Å². The van der Waals surface area contributed by atoms with E-state index in [0.29, 0.717) is 6.42 Å². The fourth-order valence-corrected chi connectivity index (χ4v) is 4.85. The zero-order chi connectivity index (χ0) is 20.8. The van der Waals surface area contributed by atoms with Gasteiger partial charge in [0.2, 0.25) is 0 Å².